The zero-order valence-corrected chi connectivity index (χ0v) is 21.2. The van der Waals surface area contributed by atoms with E-state index < -0.39 is 0 Å². The first-order valence-corrected chi connectivity index (χ1v) is 12.4. The number of anilines is 3. The van der Waals surface area contributed by atoms with Crippen LogP contribution in [0.1, 0.15) is 32.0 Å². The van der Waals surface area contributed by atoms with Gasteiger partial charge in [-0.25, -0.2) is 0 Å². The first kappa shape index (κ1) is 25.0. The Morgan fingerprint density at radius 3 is 2.78 bits per heavy atom. The molecule has 0 aliphatic heterocycles. The normalized spacial score (nSPS) is 11.2. The van der Waals surface area contributed by atoms with Crippen molar-refractivity contribution < 1.29 is 9.53 Å². The molecule has 0 unspecified atom stereocenters. The molecule has 0 saturated carbocycles. The number of halogens is 1. The fraction of sp³-hybridized carbons (Fsp3) is 0.259. The number of benzene rings is 2. The van der Waals surface area contributed by atoms with Crippen molar-refractivity contribution in [1.82, 2.24) is 14.8 Å². The van der Waals surface area contributed by atoms with Crippen LogP contribution in [0.2, 0.25) is 0 Å². The number of rotatable bonds is 9. The summed E-state index contributed by atoms with van der Waals surface area (Å²) in [7, 11) is 0. The zero-order valence-electron chi connectivity index (χ0n) is 20.4. The van der Waals surface area contributed by atoms with Crippen LogP contribution in [0.3, 0.4) is 0 Å². The van der Waals surface area contributed by atoms with E-state index in [1.54, 1.807) is 18.2 Å². The van der Waals surface area contributed by atoms with E-state index >= 15 is 0 Å². The summed E-state index contributed by atoms with van der Waals surface area (Å²) in [4.78, 5) is 17.2. The molecule has 0 aliphatic rings. The molecule has 0 radical (unpaired) electrons. The van der Waals surface area contributed by atoms with Crippen molar-refractivity contribution in [3.8, 4) is 11.8 Å². The molecule has 36 heavy (non-hydrogen) atoms. The van der Waals surface area contributed by atoms with Gasteiger partial charge in [0.15, 0.2) is 0 Å². The van der Waals surface area contributed by atoms with Crippen LogP contribution >= 0.6 is 11.6 Å². The van der Waals surface area contributed by atoms with Gasteiger partial charge in [-0.2, -0.15) is 10.4 Å². The maximum atomic E-state index is 12.4. The first-order chi connectivity index (χ1) is 17.5. The predicted octanol–water partition coefficient (Wildman–Crippen LogP) is 5.91. The molecule has 0 bridgehead atoms. The van der Waals surface area contributed by atoms with Crippen LogP contribution < -0.4 is 15.4 Å². The van der Waals surface area contributed by atoms with Crippen LogP contribution in [0, 0.1) is 11.3 Å². The molecule has 0 atom stereocenters. The second kappa shape index (κ2) is 11.1. The smallest absolute Gasteiger partial charge is 0.248 e. The standard InChI is InChI=1S/C27H27ClN6O2/c1-4-21-20(15-29)27(31-18-9-10-24-17(12-18)16-30-34(24)5-2)19-13-23(33-26(35)8-7-11-28)25(36-6-3)14-22(19)32-21/h7-10,12-14,16H,4-6,11H2,1-3H3,(H,31,32)(H,33,35)/b8-7+. The Bertz CT molecular complexity index is 1500. The molecule has 184 valence electrons. The molecule has 9 heteroatoms. The van der Waals surface area contributed by atoms with Crippen LogP contribution in [0.4, 0.5) is 17.1 Å². The van der Waals surface area contributed by atoms with E-state index in [0.29, 0.717) is 52.3 Å². The van der Waals surface area contributed by atoms with Gasteiger partial charge < -0.3 is 15.4 Å². The Hall–Kier alpha value is -4.09. The molecule has 4 rings (SSSR count). The number of nitrogens with one attached hydrogen (secondary N) is 2. The number of fused-ring (bicyclic) bond motifs is 2. The second-order valence-corrected chi connectivity index (χ2v) is 8.29. The number of carbonyl (C=O) groups is 1. The third-order valence-corrected chi connectivity index (χ3v) is 5.91. The molecule has 0 fully saturated rings. The minimum atomic E-state index is -0.331. The third-order valence-electron chi connectivity index (χ3n) is 5.73. The Kier molecular flexibility index (Phi) is 7.71. The van der Waals surface area contributed by atoms with E-state index in [2.05, 4.69) is 21.8 Å². The Balaban J connectivity index is 1.88. The summed E-state index contributed by atoms with van der Waals surface area (Å²) in [6.07, 6.45) is 5.34. The van der Waals surface area contributed by atoms with Gasteiger partial charge in [-0.3, -0.25) is 14.5 Å². The zero-order chi connectivity index (χ0) is 25.7. The van der Waals surface area contributed by atoms with E-state index in [9.17, 15) is 10.1 Å². The summed E-state index contributed by atoms with van der Waals surface area (Å²) < 4.78 is 7.73. The van der Waals surface area contributed by atoms with Crippen LogP contribution in [-0.2, 0) is 17.8 Å². The minimum absolute atomic E-state index is 0.230. The summed E-state index contributed by atoms with van der Waals surface area (Å²) in [5.41, 5.74) is 4.74. The topological polar surface area (TPSA) is 105 Å². The van der Waals surface area contributed by atoms with E-state index in [-0.39, 0.29) is 11.8 Å². The van der Waals surface area contributed by atoms with Crippen LogP contribution in [-0.4, -0.2) is 33.2 Å². The summed E-state index contributed by atoms with van der Waals surface area (Å²) in [6, 6.07) is 11.9. The lowest BCUT2D eigenvalue weighted by atomic mass is 10.0. The fourth-order valence-corrected chi connectivity index (χ4v) is 4.20. The van der Waals surface area contributed by atoms with Gasteiger partial charge in [-0.15, -0.1) is 11.6 Å². The second-order valence-electron chi connectivity index (χ2n) is 7.98. The van der Waals surface area contributed by atoms with Gasteiger partial charge in [0.05, 0.1) is 46.5 Å². The van der Waals surface area contributed by atoms with Crippen molar-refractivity contribution in [3.05, 3.63) is 59.9 Å². The molecule has 2 N–H and O–H groups in total. The SMILES string of the molecule is CCOc1cc2nc(CC)c(C#N)c(Nc3ccc4c(cnn4CC)c3)c2cc1NC(=O)/C=C/CCl. The number of aryl methyl sites for hydroxylation is 2. The Morgan fingerprint density at radius 2 is 2.08 bits per heavy atom. The number of aromatic nitrogens is 3. The lowest BCUT2D eigenvalue weighted by Crippen LogP contribution is -2.10. The number of carbonyl (C=O) groups excluding carboxylic acids is 1. The third kappa shape index (κ3) is 4.97. The molecule has 0 aliphatic carbocycles. The van der Waals surface area contributed by atoms with E-state index in [0.717, 1.165) is 23.1 Å². The van der Waals surface area contributed by atoms with Gasteiger partial charge in [0.2, 0.25) is 5.91 Å². The van der Waals surface area contributed by atoms with E-state index in [1.165, 1.54) is 6.08 Å². The van der Waals surface area contributed by atoms with Crippen LogP contribution in [0.5, 0.6) is 5.75 Å². The highest BCUT2D eigenvalue weighted by Crippen LogP contribution is 2.38. The molecule has 2 heterocycles. The van der Waals surface area contributed by atoms with Crippen molar-refractivity contribution in [3.63, 3.8) is 0 Å². The number of nitriles is 1. The van der Waals surface area contributed by atoms with Crippen molar-refractivity contribution >= 4 is 56.4 Å². The summed E-state index contributed by atoms with van der Waals surface area (Å²) in [6.45, 7) is 7.08. The van der Waals surface area contributed by atoms with Gasteiger partial charge in [0, 0.05) is 41.0 Å². The van der Waals surface area contributed by atoms with Crippen LogP contribution in [0.25, 0.3) is 21.8 Å². The highest BCUT2D eigenvalue weighted by Gasteiger charge is 2.18. The number of ether oxygens (including phenoxy) is 1. The molecule has 8 nitrogen and oxygen atoms in total. The predicted molar refractivity (Wildman–Crippen MR) is 144 cm³/mol. The van der Waals surface area contributed by atoms with Gasteiger partial charge >= 0.3 is 0 Å². The summed E-state index contributed by atoms with van der Waals surface area (Å²) in [5, 5.41) is 22.5. The molecule has 0 spiro atoms. The van der Waals surface area contributed by atoms with Gasteiger partial charge in [-0.1, -0.05) is 13.0 Å². The average Bonchev–Trinajstić information content (AvgIpc) is 3.30. The first-order valence-electron chi connectivity index (χ1n) is 11.8. The quantitative estimate of drug-likeness (QED) is 0.217. The largest absolute Gasteiger partial charge is 0.492 e. The van der Waals surface area contributed by atoms with Crippen molar-refractivity contribution in [1.29, 1.82) is 5.26 Å². The lowest BCUT2D eigenvalue weighted by molar-refractivity contribution is -0.111. The highest BCUT2D eigenvalue weighted by molar-refractivity contribution is 6.19. The van der Waals surface area contributed by atoms with Gasteiger partial charge in [-0.05, 0) is 44.5 Å². The van der Waals surface area contributed by atoms with E-state index in [4.69, 9.17) is 21.3 Å². The highest BCUT2D eigenvalue weighted by atomic mass is 35.5. The monoisotopic (exact) mass is 502 g/mol. The maximum Gasteiger partial charge on any atom is 0.248 e. The molecule has 2 aromatic heterocycles. The van der Waals surface area contributed by atoms with Gasteiger partial charge in [0.25, 0.3) is 0 Å². The molecular formula is C27H27ClN6O2. The number of hydrogen-bond acceptors (Lipinski definition) is 6. The van der Waals surface area contributed by atoms with E-state index in [1.807, 2.05) is 49.8 Å². The van der Waals surface area contributed by atoms with Crippen LogP contribution in [0.15, 0.2) is 48.7 Å². The average molecular weight is 503 g/mol. The van der Waals surface area contributed by atoms with Crippen molar-refractivity contribution in [2.45, 2.75) is 33.7 Å². The van der Waals surface area contributed by atoms with Gasteiger partial charge in [0.1, 0.15) is 11.8 Å². The number of alkyl halides is 1. The number of nitrogens with zero attached hydrogens (tertiary/aromatic N) is 4. The maximum absolute atomic E-state index is 12.4. The Morgan fingerprint density at radius 1 is 1.25 bits per heavy atom. The number of allylic oxidation sites excluding steroid dienone is 1. The molecule has 0 saturated heterocycles. The van der Waals surface area contributed by atoms with Crippen molar-refractivity contribution in [2.24, 2.45) is 0 Å². The minimum Gasteiger partial charge on any atom is -0.492 e. The fourth-order valence-electron chi connectivity index (χ4n) is 4.11. The lowest BCUT2D eigenvalue weighted by Gasteiger charge is -2.18. The van der Waals surface area contributed by atoms with Crippen molar-refractivity contribution in [2.75, 3.05) is 23.1 Å². The number of pyridine rings is 1. The molecule has 2 aromatic carbocycles. The summed E-state index contributed by atoms with van der Waals surface area (Å²) >= 11 is 5.67. The molecular weight excluding hydrogens is 476 g/mol. The number of amides is 1. The molecule has 1 amide bonds. The Labute approximate surface area is 214 Å². The number of hydrogen-bond donors (Lipinski definition) is 2. The molecule has 4 aromatic rings. The summed E-state index contributed by atoms with van der Waals surface area (Å²) in [5.74, 6) is 0.396.